The second-order valence-corrected chi connectivity index (χ2v) is 6.36. The maximum absolute atomic E-state index is 5.79. The summed E-state index contributed by atoms with van der Waals surface area (Å²) in [6.45, 7) is 8.65. The molecule has 0 bridgehead atoms. The summed E-state index contributed by atoms with van der Waals surface area (Å²) in [4.78, 5) is 8.80. The summed E-state index contributed by atoms with van der Waals surface area (Å²) in [5.74, 6) is 1.30. The lowest BCUT2D eigenvalue weighted by Crippen LogP contribution is -2.39. The predicted octanol–water partition coefficient (Wildman–Crippen LogP) is 3.97. The molecule has 0 saturated heterocycles. The van der Waals surface area contributed by atoms with E-state index in [0.717, 1.165) is 31.2 Å². The van der Waals surface area contributed by atoms with Crippen molar-refractivity contribution in [1.29, 1.82) is 0 Å². The van der Waals surface area contributed by atoms with Crippen LogP contribution in [0.5, 0.6) is 0 Å². The summed E-state index contributed by atoms with van der Waals surface area (Å²) in [7, 11) is 1.79. The van der Waals surface area contributed by atoms with E-state index in [2.05, 4.69) is 46.6 Å². The molecule has 0 aliphatic rings. The van der Waals surface area contributed by atoms with E-state index in [0.29, 0.717) is 12.5 Å². The number of hydrogen-bond acceptors (Lipinski definition) is 3. The molecule has 0 amide bonds. The van der Waals surface area contributed by atoms with Gasteiger partial charge in [-0.1, -0.05) is 38.1 Å². The minimum Gasteiger partial charge on any atom is -0.378 e. The van der Waals surface area contributed by atoms with Gasteiger partial charge >= 0.3 is 0 Å². The van der Waals surface area contributed by atoms with Gasteiger partial charge in [-0.25, -0.2) is 0 Å². The van der Waals surface area contributed by atoms with Crippen LogP contribution in [-0.2, 0) is 11.3 Å². The molecule has 0 aliphatic carbocycles. The van der Waals surface area contributed by atoms with Crippen molar-refractivity contribution < 1.29 is 4.74 Å². The Labute approximate surface area is 174 Å². The van der Waals surface area contributed by atoms with Crippen molar-refractivity contribution in [2.24, 2.45) is 10.9 Å². The smallest absolute Gasteiger partial charge is 0.191 e. The number of ether oxygens (including phenoxy) is 1. The van der Waals surface area contributed by atoms with Crippen LogP contribution in [0.1, 0.15) is 32.9 Å². The van der Waals surface area contributed by atoms with Crippen LogP contribution in [-0.4, -0.2) is 37.2 Å². The molecule has 6 heteroatoms. The van der Waals surface area contributed by atoms with E-state index in [-0.39, 0.29) is 30.1 Å². The molecular formula is C20H31IN4O. The molecule has 1 atom stereocenters. The van der Waals surface area contributed by atoms with Gasteiger partial charge in [0, 0.05) is 31.8 Å². The van der Waals surface area contributed by atoms with Crippen molar-refractivity contribution in [2.45, 2.75) is 39.8 Å². The molecule has 5 nitrogen and oxygen atoms in total. The first-order valence-corrected chi connectivity index (χ1v) is 9.04. The Morgan fingerprint density at radius 1 is 1.19 bits per heavy atom. The summed E-state index contributed by atoms with van der Waals surface area (Å²) in [5.41, 5.74) is 1.02. The number of guanidine groups is 1. The number of hydrogen-bond donors (Lipinski definition) is 2. The van der Waals surface area contributed by atoms with E-state index in [4.69, 9.17) is 4.74 Å². The fourth-order valence-electron chi connectivity index (χ4n) is 2.87. The molecule has 0 fully saturated rings. The third-order valence-corrected chi connectivity index (χ3v) is 4.25. The van der Waals surface area contributed by atoms with Crippen molar-refractivity contribution in [1.82, 2.24) is 15.6 Å². The number of halogens is 1. The second-order valence-electron chi connectivity index (χ2n) is 6.36. The molecule has 0 radical (unpaired) electrons. The van der Waals surface area contributed by atoms with Crippen LogP contribution in [0.3, 0.4) is 0 Å². The Hall–Kier alpha value is -1.41. The Kier molecular flexibility index (Phi) is 10.5. The molecule has 0 spiro atoms. The number of aromatic nitrogens is 1. The van der Waals surface area contributed by atoms with Crippen LogP contribution in [0.15, 0.2) is 41.5 Å². The number of aliphatic imine (C=N–C) groups is 1. The number of fused-ring (bicyclic) bond motifs is 1. The monoisotopic (exact) mass is 470 g/mol. The third kappa shape index (κ3) is 6.72. The van der Waals surface area contributed by atoms with Gasteiger partial charge in [-0.2, -0.15) is 0 Å². The van der Waals surface area contributed by atoms with E-state index >= 15 is 0 Å². The highest BCUT2D eigenvalue weighted by Crippen LogP contribution is 2.16. The van der Waals surface area contributed by atoms with E-state index in [1.54, 1.807) is 7.05 Å². The van der Waals surface area contributed by atoms with Gasteiger partial charge in [0.05, 0.1) is 18.3 Å². The van der Waals surface area contributed by atoms with Gasteiger partial charge in [0.25, 0.3) is 0 Å². The van der Waals surface area contributed by atoms with Crippen LogP contribution < -0.4 is 10.6 Å². The zero-order chi connectivity index (χ0) is 18.1. The van der Waals surface area contributed by atoms with E-state index in [1.165, 1.54) is 10.8 Å². The predicted molar refractivity (Wildman–Crippen MR) is 120 cm³/mol. The summed E-state index contributed by atoms with van der Waals surface area (Å²) < 4.78 is 5.79. The molecule has 1 heterocycles. The van der Waals surface area contributed by atoms with Crippen molar-refractivity contribution in [2.75, 3.05) is 20.2 Å². The molecule has 1 aromatic carbocycles. The molecule has 26 heavy (non-hydrogen) atoms. The molecule has 0 aliphatic heterocycles. The average Bonchev–Trinajstić information content (AvgIpc) is 2.63. The molecular weight excluding hydrogens is 439 g/mol. The quantitative estimate of drug-likeness (QED) is 0.348. The van der Waals surface area contributed by atoms with Crippen molar-refractivity contribution >= 4 is 40.7 Å². The van der Waals surface area contributed by atoms with Crippen LogP contribution in [0.4, 0.5) is 0 Å². The molecule has 1 aromatic heterocycles. The SMILES string of the molecule is CCOC(CCNC(=NC)NCc1nccc2ccccc12)C(C)C.I. The zero-order valence-electron chi connectivity index (χ0n) is 16.2. The van der Waals surface area contributed by atoms with Crippen LogP contribution in [0.25, 0.3) is 10.8 Å². The standard InChI is InChI=1S/C20H30N4O.HI/c1-5-25-19(15(2)3)11-13-23-20(21-4)24-14-18-17-9-7-6-8-16(17)10-12-22-18;/h6-10,12,15,19H,5,11,13-14H2,1-4H3,(H2,21,23,24);1H. The first kappa shape index (κ1) is 22.6. The molecule has 2 N–H and O–H groups in total. The van der Waals surface area contributed by atoms with Crippen molar-refractivity contribution in [3.05, 3.63) is 42.2 Å². The second kappa shape index (κ2) is 12.1. The van der Waals surface area contributed by atoms with Crippen molar-refractivity contribution in [3.63, 3.8) is 0 Å². The Balaban J connectivity index is 0.00000338. The number of nitrogens with zero attached hydrogens (tertiary/aromatic N) is 2. The summed E-state index contributed by atoms with van der Waals surface area (Å²) >= 11 is 0. The lowest BCUT2D eigenvalue weighted by molar-refractivity contribution is 0.0258. The van der Waals surface area contributed by atoms with Gasteiger partial charge in [-0.05, 0) is 30.7 Å². The average molecular weight is 470 g/mol. The van der Waals surface area contributed by atoms with Crippen LogP contribution in [0, 0.1) is 5.92 Å². The van der Waals surface area contributed by atoms with E-state index < -0.39 is 0 Å². The highest BCUT2D eigenvalue weighted by molar-refractivity contribution is 14.0. The normalized spacial score (nSPS) is 12.7. The lowest BCUT2D eigenvalue weighted by atomic mass is 10.0. The topological polar surface area (TPSA) is 58.5 Å². The Morgan fingerprint density at radius 2 is 1.96 bits per heavy atom. The van der Waals surface area contributed by atoms with E-state index in [1.807, 2.05) is 31.3 Å². The largest absolute Gasteiger partial charge is 0.378 e. The summed E-state index contributed by atoms with van der Waals surface area (Å²) in [5, 5.41) is 9.08. The molecule has 1 unspecified atom stereocenters. The highest BCUT2D eigenvalue weighted by Gasteiger charge is 2.13. The molecule has 144 valence electrons. The van der Waals surface area contributed by atoms with Gasteiger partial charge in [-0.3, -0.25) is 9.98 Å². The summed E-state index contributed by atoms with van der Waals surface area (Å²) in [6, 6.07) is 10.3. The maximum atomic E-state index is 5.79. The minimum absolute atomic E-state index is 0. The zero-order valence-corrected chi connectivity index (χ0v) is 18.5. The molecule has 2 rings (SSSR count). The van der Waals surface area contributed by atoms with Gasteiger partial charge in [-0.15, -0.1) is 24.0 Å². The highest BCUT2D eigenvalue weighted by atomic mass is 127. The van der Waals surface area contributed by atoms with Gasteiger partial charge < -0.3 is 15.4 Å². The number of benzene rings is 1. The van der Waals surface area contributed by atoms with Crippen LogP contribution in [0.2, 0.25) is 0 Å². The Bertz CT molecular complexity index is 685. The van der Waals surface area contributed by atoms with Gasteiger partial charge in [0.2, 0.25) is 0 Å². The number of pyridine rings is 1. The number of nitrogens with one attached hydrogen (secondary N) is 2. The van der Waals surface area contributed by atoms with Crippen LogP contribution >= 0.6 is 24.0 Å². The molecule has 2 aromatic rings. The first-order chi connectivity index (χ1) is 12.2. The maximum Gasteiger partial charge on any atom is 0.191 e. The minimum atomic E-state index is 0. The lowest BCUT2D eigenvalue weighted by Gasteiger charge is -2.21. The fraction of sp³-hybridized carbons (Fsp3) is 0.500. The Morgan fingerprint density at radius 3 is 2.65 bits per heavy atom. The van der Waals surface area contributed by atoms with Gasteiger partial charge in [0.1, 0.15) is 0 Å². The fourth-order valence-corrected chi connectivity index (χ4v) is 2.87. The summed E-state index contributed by atoms with van der Waals surface area (Å²) in [6.07, 6.45) is 3.08. The first-order valence-electron chi connectivity index (χ1n) is 9.04. The molecule has 0 saturated carbocycles. The van der Waals surface area contributed by atoms with Gasteiger partial charge in [0.15, 0.2) is 5.96 Å². The van der Waals surface area contributed by atoms with E-state index in [9.17, 15) is 0 Å². The van der Waals surface area contributed by atoms with Crippen molar-refractivity contribution in [3.8, 4) is 0 Å². The number of rotatable bonds is 8. The third-order valence-electron chi connectivity index (χ3n) is 4.25.